The summed E-state index contributed by atoms with van der Waals surface area (Å²) in [4.78, 5) is 98.2. The van der Waals surface area contributed by atoms with E-state index in [1.54, 1.807) is 54.6 Å². The van der Waals surface area contributed by atoms with Crippen molar-refractivity contribution >= 4 is 41.8 Å². The third kappa shape index (κ3) is 25.5. The van der Waals surface area contributed by atoms with Crippen LogP contribution in [-0.4, -0.2) is 196 Å². The summed E-state index contributed by atoms with van der Waals surface area (Å²) in [5.41, 5.74) is 4.62. The Morgan fingerprint density at radius 2 is 0.496 bits per heavy atom. The van der Waals surface area contributed by atoms with Gasteiger partial charge in [-0.3, -0.25) is 19.2 Å². The molecule has 4 aliphatic heterocycles. The van der Waals surface area contributed by atoms with Gasteiger partial charge in [0.15, 0.2) is 67.9 Å². The van der Waals surface area contributed by atoms with Gasteiger partial charge >= 0.3 is 41.8 Å². The largest absolute Gasteiger partial charge is 0.456 e. The molecule has 0 bridgehead atoms. The van der Waals surface area contributed by atoms with Gasteiger partial charge in [0.2, 0.25) is 0 Å². The molecule has 28 nitrogen and oxygen atoms in total. The Kier molecular flexibility index (Phi) is 32.9. The zero-order chi connectivity index (χ0) is 85.8. The molecule has 4 saturated heterocycles. The molecule has 8 unspecified atom stereocenters. The third-order valence-electron chi connectivity index (χ3n) is 20.4. The van der Waals surface area contributed by atoms with Crippen LogP contribution >= 0.6 is 0 Å². The second-order valence-electron chi connectivity index (χ2n) is 29.5. The molecule has 9 aromatic carbocycles. The van der Waals surface area contributed by atoms with Gasteiger partial charge in [-0.2, -0.15) is 0 Å². The number of esters is 7. The SMILES string of the molecule is CC(=O)OC1[C@@H](OC2[C@@H](OCC3O[C@@H](OCC4O[C@@H](O)C(OC(C)=O)[C@@H](OC(C)=O)[C@@H]4OC(C)=O)C(OC(=O)c4ccccc4)[C@@H](OC(=O)c4ccccc4)[C@@H]3OC(=O)c3ccccc3)OC(COCc3ccccc3)[C@@H](OCc3ccccc3)[C@@H]2OCc2ccccc2)OC(COCc2ccccc2)[C@@H](OCc2ccccc2)[C@@H]1OCc1ccccc1. The smallest absolute Gasteiger partial charge is 0.338 e. The van der Waals surface area contributed by atoms with Crippen LogP contribution in [0.25, 0.3) is 0 Å². The molecule has 0 aromatic heterocycles. The number of aliphatic hydroxyl groups is 1. The molecular weight excluding hydrogens is 1590 g/mol. The van der Waals surface area contributed by atoms with E-state index in [9.17, 15) is 29.1 Å². The summed E-state index contributed by atoms with van der Waals surface area (Å²) in [7, 11) is 0. The van der Waals surface area contributed by atoms with E-state index in [-0.39, 0.29) is 69.5 Å². The number of rotatable bonds is 38. The Labute approximate surface area is 711 Å². The van der Waals surface area contributed by atoms with E-state index in [0.29, 0.717) is 5.56 Å². The number of benzene rings is 9. The molecule has 1 N–H and O–H groups in total. The minimum atomic E-state index is -2.09. The van der Waals surface area contributed by atoms with Crippen molar-refractivity contribution in [3.8, 4) is 0 Å². The van der Waals surface area contributed by atoms with Crippen molar-refractivity contribution in [3.63, 3.8) is 0 Å². The fourth-order valence-corrected chi connectivity index (χ4v) is 14.7. The molecule has 4 aliphatic rings. The lowest BCUT2D eigenvalue weighted by Gasteiger charge is -2.50. The summed E-state index contributed by atoms with van der Waals surface area (Å²) in [5, 5.41) is 11.7. The highest BCUT2D eigenvalue weighted by molar-refractivity contribution is 5.91. The maximum absolute atomic E-state index is 15.2. The first kappa shape index (κ1) is 89.5. The molecule has 646 valence electrons. The number of aliphatic hydroxyl groups excluding tert-OH is 1. The van der Waals surface area contributed by atoms with Gasteiger partial charge in [-0.15, -0.1) is 0 Å². The van der Waals surface area contributed by atoms with Gasteiger partial charge in [-0.1, -0.05) is 237 Å². The maximum Gasteiger partial charge on any atom is 0.338 e. The first-order valence-electron chi connectivity index (χ1n) is 40.5. The second kappa shape index (κ2) is 45.2. The monoisotopic (exact) mass is 1690 g/mol. The van der Waals surface area contributed by atoms with Crippen LogP contribution in [0.3, 0.4) is 0 Å². The first-order chi connectivity index (χ1) is 59.9. The predicted molar refractivity (Wildman–Crippen MR) is 435 cm³/mol. The topological polar surface area (TPSA) is 324 Å². The Morgan fingerprint density at radius 3 is 0.870 bits per heavy atom. The Bertz CT molecular complexity index is 4760. The summed E-state index contributed by atoms with van der Waals surface area (Å²) in [6.45, 7) is 2.36. The van der Waals surface area contributed by atoms with Gasteiger partial charge in [-0.05, 0) is 69.8 Å². The first-order valence-corrected chi connectivity index (χ1v) is 40.5. The summed E-state index contributed by atoms with van der Waals surface area (Å²) in [6, 6.07) is 79.7. The lowest BCUT2D eigenvalue weighted by atomic mass is 9.95. The van der Waals surface area contributed by atoms with Gasteiger partial charge in [0, 0.05) is 27.7 Å². The number of hydrogen-bond donors (Lipinski definition) is 1. The number of carbonyl (C=O) groups is 7. The molecule has 9 aromatic rings. The van der Waals surface area contributed by atoms with Crippen LogP contribution in [0, 0.1) is 0 Å². The molecule has 0 aliphatic carbocycles. The van der Waals surface area contributed by atoms with E-state index in [4.69, 9.17) is 94.7 Å². The fraction of sp³-hybridized carbons (Fsp3) is 0.358. The third-order valence-corrected chi connectivity index (χ3v) is 20.4. The molecule has 4 fully saturated rings. The van der Waals surface area contributed by atoms with Crippen molar-refractivity contribution in [2.75, 3.05) is 26.4 Å². The molecule has 0 spiro atoms. The van der Waals surface area contributed by atoms with E-state index in [0.717, 1.165) is 48.6 Å². The Balaban J connectivity index is 0.963. The second-order valence-corrected chi connectivity index (χ2v) is 29.5. The highest BCUT2D eigenvalue weighted by Gasteiger charge is 2.59. The van der Waals surface area contributed by atoms with E-state index in [1.807, 2.05) is 182 Å². The van der Waals surface area contributed by atoms with Crippen molar-refractivity contribution in [1.82, 2.24) is 0 Å². The zero-order valence-corrected chi connectivity index (χ0v) is 68.1. The average molecular weight is 1690 g/mol. The van der Waals surface area contributed by atoms with E-state index in [1.165, 1.54) is 43.3 Å². The minimum absolute atomic E-state index is 0.000124. The predicted octanol–water partition coefficient (Wildman–Crippen LogP) is 11.5. The van der Waals surface area contributed by atoms with Crippen molar-refractivity contribution in [3.05, 3.63) is 323 Å². The number of hydrogen-bond acceptors (Lipinski definition) is 28. The zero-order valence-electron chi connectivity index (χ0n) is 68.1. The van der Waals surface area contributed by atoms with Crippen LogP contribution in [0.1, 0.15) is 92.1 Å². The molecule has 4 heterocycles. The van der Waals surface area contributed by atoms with E-state index < -0.39 is 178 Å². The molecular formula is C95H98O28. The minimum Gasteiger partial charge on any atom is -0.456 e. The summed E-state index contributed by atoms with van der Waals surface area (Å²) in [5.74, 6) is -6.66. The fourth-order valence-electron chi connectivity index (χ4n) is 14.7. The van der Waals surface area contributed by atoms with Crippen LogP contribution in [0.4, 0.5) is 0 Å². The molecule has 13 rings (SSSR count). The molecule has 0 radical (unpaired) electrons. The maximum atomic E-state index is 15.2. The molecule has 20 atom stereocenters. The van der Waals surface area contributed by atoms with Crippen LogP contribution in [0.2, 0.25) is 0 Å². The van der Waals surface area contributed by atoms with Gasteiger partial charge in [-0.25, -0.2) is 14.4 Å². The molecule has 123 heavy (non-hydrogen) atoms. The van der Waals surface area contributed by atoms with E-state index >= 15 is 9.59 Å². The average Bonchev–Trinajstić information content (AvgIpc) is 0.754. The summed E-state index contributed by atoms with van der Waals surface area (Å²) >= 11 is 0. The highest BCUT2D eigenvalue weighted by atomic mass is 16.8. The van der Waals surface area contributed by atoms with Crippen molar-refractivity contribution in [2.24, 2.45) is 0 Å². The van der Waals surface area contributed by atoms with Crippen LogP contribution in [0.15, 0.2) is 273 Å². The highest BCUT2D eigenvalue weighted by Crippen LogP contribution is 2.40. The lowest BCUT2D eigenvalue weighted by Crippen LogP contribution is -2.67. The van der Waals surface area contributed by atoms with Crippen LogP contribution in [0.5, 0.6) is 0 Å². The quantitative estimate of drug-likeness (QED) is 0.0277. The van der Waals surface area contributed by atoms with E-state index in [2.05, 4.69) is 0 Å². The van der Waals surface area contributed by atoms with Crippen molar-refractivity contribution in [1.29, 1.82) is 0 Å². The summed E-state index contributed by atoms with van der Waals surface area (Å²) in [6.07, 6.45) is -32.5. The van der Waals surface area contributed by atoms with Crippen LogP contribution < -0.4 is 0 Å². The molecule has 0 saturated carbocycles. The standard InChI is InChI=1S/C95H98O28/c1-60(96)112-79-75(116-92(103)85(114-62(3)98)83(79)113-61(2)97)58-110-94-88(122-91(102)72-48-30-13-31-49-72)84(121-90(101)71-46-28-12-29-47-71)80(120-89(100)70-44-26-11-27-45-70)76(118-94)59-111-93-86(81(108-54-68-40-22-9-23-41-68)77(106-52-66-36-18-7-19-37-66)73(117-93)56-104-50-64-32-14-5-15-33-64)123-95-87(115-63(4)99)82(109-55-69-42-24-10-25-43-69)78(107-53-67-38-20-8-21-39-67)74(119-95)57-105-51-65-34-16-6-17-35-65/h5-49,73-88,92-95,103H,50-59H2,1-4H3/t73?,74?,75?,76?,77-,78-,79-,80-,81+,82+,83+,84+,85?,86?,87?,88?,92-,93+,94-,95-/m1/s1. The number of ether oxygens (including phenoxy) is 20. The van der Waals surface area contributed by atoms with Gasteiger partial charge in [0.1, 0.15) is 54.9 Å². The van der Waals surface area contributed by atoms with Crippen molar-refractivity contribution in [2.45, 2.75) is 190 Å². The summed E-state index contributed by atoms with van der Waals surface area (Å²) < 4.78 is 134. The van der Waals surface area contributed by atoms with Gasteiger partial charge < -0.3 is 99.8 Å². The van der Waals surface area contributed by atoms with Crippen molar-refractivity contribution < 1.29 is 133 Å². The van der Waals surface area contributed by atoms with Gasteiger partial charge in [0.25, 0.3) is 0 Å². The molecule has 28 heteroatoms. The van der Waals surface area contributed by atoms with Crippen LogP contribution in [-0.2, 0) is 154 Å². The number of carbonyl (C=O) groups excluding carboxylic acids is 7. The Morgan fingerprint density at radius 1 is 0.244 bits per heavy atom. The van der Waals surface area contributed by atoms with Gasteiger partial charge in [0.05, 0.1) is 82.8 Å². The normalized spacial score (nSPS) is 26.2. The Hall–Kier alpha value is -11.3. The molecule has 0 amide bonds. The lowest BCUT2D eigenvalue weighted by molar-refractivity contribution is -0.384.